The second-order valence-electron chi connectivity index (χ2n) is 16.3. The molecule has 0 saturated carbocycles. The summed E-state index contributed by atoms with van der Waals surface area (Å²) >= 11 is 0. The Morgan fingerprint density at radius 2 is 1.57 bits per heavy atom. The Labute approximate surface area is 336 Å². The zero-order valence-corrected chi connectivity index (χ0v) is 33.7. The van der Waals surface area contributed by atoms with Crippen LogP contribution in [0.4, 0.5) is 0 Å². The summed E-state index contributed by atoms with van der Waals surface area (Å²) in [5.74, 6) is -4.59. The van der Waals surface area contributed by atoms with Crippen molar-refractivity contribution in [1.82, 2.24) is 4.90 Å². The highest BCUT2D eigenvalue weighted by molar-refractivity contribution is 6.30. The minimum Gasteiger partial charge on any atom is -0.507 e. The molecular weight excluding hydrogens is 758 g/mol. The van der Waals surface area contributed by atoms with E-state index in [9.17, 15) is 39.6 Å². The first-order valence-corrected chi connectivity index (χ1v) is 19.9. The Morgan fingerprint density at radius 1 is 0.897 bits per heavy atom. The second-order valence-corrected chi connectivity index (χ2v) is 16.3. The highest BCUT2D eigenvalue weighted by Crippen LogP contribution is 2.54. The fourth-order valence-electron chi connectivity index (χ4n) is 9.27. The molecule has 3 saturated heterocycles. The zero-order chi connectivity index (χ0) is 42.0. The number of carbonyl (C=O) groups excluding carboxylic acids is 4. The van der Waals surface area contributed by atoms with E-state index in [4.69, 9.17) is 33.2 Å². The van der Waals surface area contributed by atoms with Crippen molar-refractivity contribution in [3.8, 4) is 11.5 Å². The highest BCUT2D eigenvalue weighted by atomic mass is 16.7. The van der Waals surface area contributed by atoms with Crippen LogP contribution in [-0.2, 0) is 42.7 Å². The molecule has 0 amide bonds. The predicted molar refractivity (Wildman–Crippen MR) is 201 cm³/mol. The minimum absolute atomic E-state index is 0.00573. The van der Waals surface area contributed by atoms with Crippen molar-refractivity contribution < 1.29 is 72.8 Å². The Kier molecular flexibility index (Phi) is 11.9. The fourth-order valence-corrected chi connectivity index (χ4v) is 9.27. The lowest BCUT2D eigenvalue weighted by Crippen LogP contribution is -2.58. The number of aromatic hydroxyl groups is 2. The molecule has 3 fully saturated rings. The molecule has 2 aromatic carbocycles. The molecule has 0 bridgehead atoms. The first-order valence-electron chi connectivity index (χ1n) is 19.9. The van der Waals surface area contributed by atoms with Crippen LogP contribution in [0, 0.1) is 0 Å². The standard InChI is InChI=1S/C42H53NO15/c1-8-42(51)17-28(33-22(35(42)41(50)52-7)14-23-34(38(33)49)37(48)32-21(36(23)47)10-9-11-26(32)45)56-30-15-24(43(5)6)39(19(3)54-30)58-31-16-27(46)40(20(4)55-31)57-29-13-12-25(44)18(2)53-29/h9-11,14,18-20,24,27-31,35,39-40,45-46,49,51H,8,12-13,15-17H2,1-7H3/t18-,19-,20-,24-,27-,28-,29+,30+,31+,35-,39+,40+,42+/m0/s1. The fraction of sp³-hybridized carbons (Fsp3) is 0.619. The van der Waals surface area contributed by atoms with Gasteiger partial charge in [-0.3, -0.25) is 19.2 Å². The highest BCUT2D eigenvalue weighted by Gasteiger charge is 2.53. The monoisotopic (exact) mass is 811 g/mol. The first kappa shape index (κ1) is 42.3. The number of Topliss-reactive ketones (excluding diaryl/α,β-unsaturated/α-hetero) is 1. The smallest absolute Gasteiger partial charge is 0.316 e. The van der Waals surface area contributed by atoms with Crippen LogP contribution in [0.15, 0.2) is 24.3 Å². The molecule has 16 heteroatoms. The number of ketones is 3. The largest absolute Gasteiger partial charge is 0.507 e. The number of benzene rings is 2. The number of phenolic OH excluding ortho intramolecular Hbond substituents is 2. The summed E-state index contributed by atoms with van der Waals surface area (Å²) in [6, 6.07) is 5.11. The summed E-state index contributed by atoms with van der Waals surface area (Å²) < 4.78 is 42.6. The van der Waals surface area contributed by atoms with Crippen molar-refractivity contribution in [3.05, 3.63) is 57.6 Å². The van der Waals surface area contributed by atoms with E-state index in [-0.39, 0.29) is 70.9 Å². The van der Waals surface area contributed by atoms with E-state index in [1.165, 1.54) is 31.4 Å². The number of phenols is 2. The van der Waals surface area contributed by atoms with Crippen LogP contribution in [0.1, 0.15) is 121 Å². The number of nitrogens with zero attached hydrogens (tertiary/aromatic N) is 1. The van der Waals surface area contributed by atoms with Crippen LogP contribution in [0.3, 0.4) is 0 Å². The summed E-state index contributed by atoms with van der Waals surface area (Å²) in [6.45, 7) is 6.95. The number of carbonyl (C=O) groups is 4. The van der Waals surface area contributed by atoms with Gasteiger partial charge < -0.3 is 58.5 Å². The molecular formula is C42H53NO15. The van der Waals surface area contributed by atoms with Crippen LogP contribution in [0.25, 0.3) is 0 Å². The van der Waals surface area contributed by atoms with Crippen molar-refractivity contribution in [1.29, 1.82) is 0 Å². The maximum Gasteiger partial charge on any atom is 0.316 e. The van der Waals surface area contributed by atoms with E-state index in [2.05, 4.69) is 0 Å². The summed E-state index contributed by atoms with van der Waals surface area (Å²) in [4.78, 5) is 55.0. The van der Waals surface area contributed by atoms with Gasteiger partial charge >= 0.3 is 5.97 Å². The normalized spacial score (nSPS) is 36.3. The van der Waals surface area contributed by atoms with Gasteiger partial charge in [0.05, 0.1) is 48.3 Å². The SMILES string of the molecule is CC[C@@]1(O)C[C@H](O[C@@H]2C[C@H](N(C)C)[C@H](O[C@@H]3C[C@H](O)[C@H](O[C@@H]4CCC(=O)[C@H](C)O4)[C@H](C)O3)[C@H](C)O2)c2c(cc3c(c2O)C(=O)c2c(O)cccc2C3=O)[C@H]1C(=O)OC. The van der Waals surface area contributed by atoms with Gasteiger partial charge in [0.15, 0.2) is 30.4 Å². The van der Waals surface area contributed by atoms with E-state index in [1.54, 1.807) is 27.7 Å². The maximum atomic E-state index is 13.9. The minimum atomic E-state index is -1.76. The average molecular weight is 812 g/mol. The van der Waals surface area contributed by atoms with E-state index in [0.29, 0.717) is 12.8 Å². The number of fused-ring (bicyclic) bond motifs is 3. The third-order valence-electron chi connectivity index (χ3n) is 12.4. The van der Waals surface area contributed by atoms with Gasteiger partial charge in [-0.25, -0.2) is 0 Å². The summed E-state index contributed by atoms with van der Waals surface area (Å²) in [5.41, 5.74) is -2.49. The molecule has 2 aliphatic carbocycles. The van der Waals surface area contributed by atoms with Crippen LogP contribution in [0.5, 0.6) is 11.5 Å². The van der Waals surface area contributed by atoms with Crippen LogP contribution in [0.2, 0.25) is 0 Å². The van der Waals surface area contributed by atoms with Crippen molar-refractivity contribution in [2.24, 2.45) is 0 Å². The Morgan fingerprint density at radius 3 is 2.21 bits per heavy atom. The third-order valence-corrected chi connectivity index (χ3v) is 12.4. The van der Waals surface area contributed by atoms with Crippen molar-refractivity contribution in [2.75, 3.05) is 21.2 Å². The van der Waals surface area contributed by atoms with Crippen LogP contribution >= 0.6 is 0 Å². The molecule has 7 rings (SSSR count). The predicted octanol–water partition coefficient (Wildman–Crippen LogP) is 3.16. The molecule has 3 aliphatic heterocycles. The Balaban J connectivity index is 1.13. The lowest BCUT2D eigenvalue weighted by molar-refractivity contribution is -0.324. The number of methoxy groups -OCH3 is 1. The second kappa shape index (κ2) is 16.3. The average Bonchev–Trinajstić information content (AvgIpc) is 3.17. The number of esters is 1. The molecule has 0 spiro atoms. The molecule has 13 atom stereocenters. The zero-order valence-electron chi connectivity index (χ0n) is 33.7. The quantitative estimate of drug-likeness (QED) is 0.228. The van der Waals surface area contributed by atoms with Crippen molar-refractivity contribution in [2.45, 2.75) is 145 Å². The maximum absolute atomic E-state index is 13.9. The molecule has 2 aromatic rings. The number of hydrogen-bond acceptors (Lipinski definition) is 16. The number of aliphatic hydroxyl groups is 2. The van der Waals surface area contributed by atoms with E-state index in [1.807, 2.05) is 19.0 Å². The molecule has 16 nitrogen and oxygen atoms in total. The number of rotatable bonds is 9. The van der Waals surface area contributed by atoms with E-state index in [0.717, 1.165) is 0 Å². The van der Waals surface area contributed by atoms with Crippen molar-refractivity contribution in [3.63, 3.8) is 0 Å². The van der Waals surface area contributed by atoms with Crippen LogP contribution < -0.4 is 0 Å². The van der Waals surface area contributed by atoms with Gasteiger partial charge in [-0.05, 0) is 59.0 Å². The van der Waals surface area contributed by atoms with Gasteiger partial charge in [-0.15, -0.1) is 0 Å². The number of ether oxygens (including phenoxy) is 7. The van der Waals surface area contributed by atoms with Gasteiger partial charge in [0.25, 0.3) is 0 Å². The molecule has 0 unspecified atom stereocenters. The Hall–Kier alpha value is -3.84. The lowest BCUT2D eigenvalue weighted by Gasteiger charge is -2.48. The molecule has 5 aliphatic rings. The van der Waals surface area contributed by atoms with E-state index >= 15 is 0 Å². The van der Waals surface area contributed by atoms with Crippen molar-refractivity contribution >= 4 is 23.3 Å². The number of likely N-dealkylation sites (N-methyl/N-ethyl adjacent to an activating group) is 1. The van der Waals surface area contributed by atoms with Crippen LogP contribution in [-0.4, -0.2) is 137 Å². The lowest BCUT2D eigenvalue weighted by atomic mass is 9.67. The van der Waals surface area contributed by atoms with E-state index < -0.39 is 102 Å². The summed E-state index contributed by atoms with van der Waals surface area (Å²) in [7, 11) is 4.91. The molecule has 4 N–H and O–H groups in total. The molecule has 3 heterocycles. The third kappa shape index (κ3) is 7.47. The summed E-state index contributed by atoms with van der Waals surface area (Å²) in [6.07, 6.45) is -6.64. The molecule has 58 heavy (non-hydrogen) atoms. The number of hydrogen-bond donors (Lipinski definition) is 4. The number of aliphatic hydroxyl groups excluding tert-OH is 1. The summed E-state index contributed by atoms with van der Waals surface area (Å²) in [5, 5.41) is 45.9. The Bertz CT molecular complexity index is 1940. The molecule has 0 aromatic heterocycles. The topological polar surface area (TPSA) is 217 Å². The van der Waals surface area contributed by atoms with Gasteiger partial charge in [-0.2, -0.15) is 0 Å². The molecule has 0 radical (unpaired) electrons. The van der Waals surface area contributed by atoms with Gasteiger partial charge in [0.2, 0.25) is 5.78 Å². The molecule has 316 valence electrons. The van der Waals surface area contributed by atoms with Gasteiger partial charge in [-0.1, -0.05) is 19.1 Å². The first-order chi connectivity index (χ1) is 27.5. The van der Waals surface area contributed by atoms with Gasteiger partial charge in [0.1, 0.15) is 35.7 Å². The van der Waals surface area contributed by atoms with Gasteiger partial charge in [0, 0.05) is 54.8 Å².